The molecule has 0 atom stereocenters. The maximum atomic E-state index is 12.3. The molecule has 1 saturated heterocycles. The number of carbonyl (C=O) groups is 1. The summed E-state index contributed by atoms with van der Waals surface area (Å²) in [6, 6.07) is 3.67. The smallest absolute Gasteiger partial charge is 0.222 e. The minimum absolute atomic E-state index is 0.179. The summed E-state index contributed by atoms with van der Waals surface area (Å²) >= 11 is 0. The highest BCUT2D eigenvalue weighted by molar-refractivity contribution is 5.76. The first-order chi connectivity index (χ1) is 10.7. The number of hydrogen-bond acceptors (Lipinski definition) is 5. The Morgan fingerprint density at radius 2 is 1.64 bits per heavy atom. The van der Waals surface area contributed by atoms with Crippen LogP contribution in [-0.4, -0.2) is 58.3 Å². The van der Waals surface area contributed by atoms with E-state index in [0.717, 1.165) is 31.7 Å². The lowest BCUT2D eigenvalue weighted by atomic mass is 10.1. The van der Waals surface area contributed by atoms with Crippen molar-refractivity contribution >= 4 is 5.91 Å². The number of hydrogen-bond donors (Lipinski definition) is 1. The summed E-state index contributed by atoms with van der Waals surface area (Å²) in [5.41, 5.74) is 0.948. The SMILES string of the molecule is COc1cc(OC)c(OC)cc1CCC(=O)N1CCNCC1. The molecule has 1 heterocycles. The molecule has 1 N–H and O–H groups in total. The first-order valence-corrected chi connectivity index (χ1v) is 7.47. The fourth-order valence-electron chi connectivity index (χ4n) is 2.60. The summed E-state index contributed by atoms with van der Waals surface area (Å²) in [6.07, 6.45) is 1.08. The lowest BCUT2D eigenvalue weighted by molar-refractivity contribution is -0.131. The van der Waals surface area contributed by atoms with Gasteiger partial charge in [-0.3, -0.25) is 4.79 Å². The molecule has 0 bridgehead atoms. The molecule has 6 heteroatoms. The third-order valence-electron chi connectivity index (χ3n) is 3.86. The van der Waals surface area contributed by atoms with E-state index in [1.165, 1.54) is 0 Å². The molecule has 0 saturated carbocycles. The number of nitrogens with zero attached hydrogens (tertiary/aromatic N) is 1. The second kappa shape index (κ2) is 7.89. The summed E-state index contributed by atoms with van der Waals surface area (Å²) in [5, 5.41) is 3.25. The van der Waals surface area contributed by atoms with Gasteiger partial charge in [-0.15, -0.1) is 0 Å². The Balaban J connectivity index is 2.06. The standard InChI is InChI=1S/C16H24N2O4/c1-20-13-11-15(22-3)14(21-2)10-12(13)4-5-16(19)18-8-6-17-7-9-18/h10-11,17H,4-9H2,1-3H3. The molecule has 0 aliphatic carbocycles. The molecule has 1 aromatic carbocycles. The van der Waals surface area contributed by atoms with Crippen molar-refractivity contribution in [2.24, 2.45) is 0 Å². The van der Waals surface area contributed by atoms with Crippen molar-refractivity contribution in [2.75, 3.05) is 47.5 Å². The molecule has 0 radical (unpaired) electrons. The number of aryl methyl sites for hydroxylation is 1. The molecule has 0 unspecified atom stereocenters. The molecular weight excluding hydrogens is 284 g/mol. The van der Waals surface area contributed by atoms with Gasteiger partial charge in [-0.1, -0.05) is 0 Å². The van der Waals surface area contributed by atoms with Crippen molar-refractivity contribution < 1.29 is 19.0 Å². The number of benzene rings is 1. The number of piperazine rings is 1. The van der Waals surface area contributed by atoms with Gasteiger partial charge in [-0.25, -0.2) is 0 Å². The molecule has 0 spiro atoms. The van der Waals surface area contributed by atoms with Crippen LogP contribution in [0.3, 0.4) is 0 Å². The van der Waals surface area contributed by atoms with E-state index in [0.29, 0.717) is 30.1 Å². The first-order valence-electron chi connectivity index (χ1n) is 7.47. The number of methoxy groups -OCH3 is 3. The van der Waals surface area contributed by atoms with Crippen LogP contribution in [0.5, 0.6) is 17.2 Å². The van der Waals surface area contributed by atoms with Gasteiger partial charge in [0.1, 0.15) is 5.75 Å². The van der Waals surface area contributed by atoms with Crippen LogP contribution in [0.15, 0.2) is 12.1 Å². The summed E-state index contributed by atoms with van der Waals surface area (Å²) in [5.74, 6) is 2.16. The molecule has 6 nitrogen and oxygen atoms in total. The fraction of sp³-hybridized carbons (Fsp3) is 0.562. The van der Waals surface area contributed by atoms with Crippen molar-refractivity contribution in [1.82, 2.24) is 10.2 Å². The van der Waals surface area contributed by atoms with Crippen LogP contribution < -0.4 is 19.5 Å². The third kappa shape index (κ3) is 3.82. The van der Waals surface area contributed by atoms with Gasteiger partial charge in [0.25, 0.3) is 0 Å². The fourth-order valence-corrected chi connectivity index (χ4v) is 2.60. The van der Waals surface area contributed by atoms with Crippen LogP contribution in [0, 0.1) is 0 Å². The maximum absolute atomic E-state index is 12.3. The minimum Gasteiger partial charge on any atom is -0.496 e. The second-order valence-electron chi connectivity index (χ2n) is 5.15. The Bertz CT molecular complexity index is 513. The van der Waals surface area contributed by atoms with Crippen LogP contribution in [0.2, 0.25) is 0 Å². The monoisotopic (exact) mass is 308 g/mol. The van der Waals surface area contributed by atoms with E-state index in [1.807, 2.05) is 11.0 Å². The van der Waals surface area contributed by atoms with Crippen LogP contribution in [0.25, 0.3) is 0 Å². The van der Waals surface area contributed by atoms with Crippen LogP contribution >= 0.6 is 0 Å². The van der Waals surface area contributed by atoms with Gasteiger partial charge in [-0.2, -0.15) is 0 Å². The van der Waals surface area contributed by atoms with Gasteiger partial charge >= 0.3 is 0 Å². The van der Waals surface area contributed by atoms with Gasteiger partial charge in [0, 0.05) is 38.7 Å². The Hall–Kier alpha value is -1.95. The largest absolute Gasteiger partial charge is 0.496 e. The van der Waals surface area contributed by atoms with Gasteiger partial charge < -0.3 is 24.4 Å². The molecular formula is C16H24N2O4. The van der Waals surface area contributed by atoms with Crippen molar-refractivity contribution in [3.8, 4) is 17.2 Å². The quantitative estimate of drug-likeness (QED) is 0.852. The zero-order valence-corrected chi connectivity index (χ0v) is 13.5. The molecule has 1 aromatic rings. The van der Waals surface area contributed by atoms with Crippen LogP contribution in [0.4, 0.5) is 0 Å². The third-order valence-corrected chi connectivity index (χ3v) is 3.86. The van der Waals surface area contributed by atoms with Crippen molar-refractivity contribution in [3.63, 3.8) is 0 Å². The van der Waals surface area contributed by atoms with Gasteiger partial charge in [0.05, 0.1) is 21.3 Å². The van der Waals surface area contributed by atoms with Crippen LogP contribution in [-0.2, 0) is 11.2 Å². The topological polar surface area (TPSA) is 60.0 Å². The molecule has 1 amide bonds. The number of amides is 1. The lowest BCUT2D eigenvalue weighted by Crippen LogP contribution is -2.46. The Morgan fingerprint density at radius 3 is 2.23 bits per heavy atom. The van der Waals surface area contributed by atoms with E-state index in [9.17, 15) is 4.79 Å². The van der Waals surface area contributed by atoms with Gasteiger partial charge in [0.2, 0.25) is 5.91 Å². The summed E-state index contributed by atoms with van der Waals surface area (Å²) < 4.78 is 16.0. The molecule has 0 aromatic heterocycles. The van der Waals surface area contributed by atoms with Gasteiger partial charge in [-0.05, 0) is 18.1 Å². The van der Waals surface area contributed by atoms with E-state index in [1.54, 1.807) is 27.4 Å². The molecule has 1 aliphatic heterocycles. The Labute approximate surface area is 131 Å². The highest BCUT2D eigenvalue weighted by atomic mass is 16.5. The second-order valence-corrected chi connectivity index (χ2v) is 5.15. The van der Waals surface area contributed by atoms with Crippen molar-refractivity contribution in [3.05, 3.63) is 17.7 Å². The summed E-state index contributed by atoms with van der Waals surface area (Å²) in [4.78, 5) is 14.2. The lowest BCUT2D eigenvalue weighted by Gasteiger charge is -2.27. The zero-order valence-electron chi connectivity index (χ0n) is 13.5. The van der Waals surface area contributed by atoms with Gasteiger partial charge in [0.15, 0.2) is 11.5 Å². The molecule has 122 valence electrons. The number of carbonyl (C=O) groups excluding carboxylic acids is 1. The minimum atomic E-state index is 0.179. The predicted molar refractivity (Wildman–Crippen MR) is 83.9 cm³/mol. The summed E-state index contributed by atoms with van der Waals surface area (Å²) in [6.45, 7) is 3.29. The van der Waals surface area contributed by atoms with Crippen LogP contribution in [0.1, 0.15) is 12.0 Å². The van der Waals surface area contributed by atoms with E-state index in [-0.39, 0.29) is 5.91 Å². The molecule has 1 fully saturated rings. The molecule has 1 aliphatic rings. The average molecular weight is 308 g/mol. The van der Waals surface area contributed by atoms with E-state index in [2.05, 4.69) is 5.32 Å². The van der Waals surface area contributed by atoms with E-state index in [4.69, 9.17) is 14.2 Å². The summed E-state index contributed by atoms with van der Waals surface area (Å²) in [7, 11) is 4.80. The first kappa shape index (κ1) is 16.4. The number of rotatable bonds is 6. The number of nitrogens with one attached hydrogen (secondary N) is 1. The highest BCUT2D eigenvalue weighted by Gasteiger charge is 2.18. The van der Waals surface area contributed by atoms with Crippen molar-refractivity contribution in [1.29, 1.82) is 0 Å². The number of ether oxygens (including phenoxy) is 3. The molecule has 22 heavy (non-hydrogen) atoms. The van der Waals surface area contributed by atoms with Crippen molar-refractivity contribution in [2.45, 2.75) is 12.8 Å². The highest BCUT2D eigenvalue weighted by Crippen LogP contribution is 2.35. The molecule has 2 rings (SSSR count). The van der Waals surface area contributed by atoms with E-state index >= 15 is 0 Å². The Kier molecular flexibility index (Phi) is 5.89. The Morgan fingerprint density at radius 1 is 1.05 bits per heavy atom. The maximum Gasteiger partial charge on any atom is 0.222 e. The normalized spacial score (nSPS) is 14.6. The van der Waals surface area contributed by atoms with E-state index < -0.39 is 0 Å². The average Bonchev–Trinajstić information content (AvgIpc) is 2.59. The predicted octanol–water partition coefficient (Wildman–Crippen LogP) is 1.08. The zero-order chi connectivity index (χ0) is 15.9.